The van der Waals surface area contributed by atoms with Crippen molar-refractivity contribution in [2.75, 3.05) is 13.3 Å². The van der Waals surface area contributed by atoms with Crippen LogP contribution in [0.5, 0.6) is 5.75 Å². The number of furan rings is 1. The zero-order valence-electron chi connectivity index (χ0n) is 32.3. The highest BCUT2D eigenvalue weighted by Crippen LogP contribution is 2.29. The molecule has 17 nitrogen and oxygen atoms in total. The Balaban J connectivity index is 1.40. The van der Waals surface area contributed by atoms with Crippen LogP contribution in [-0.2, 0) is 24.0 Å². The topological polar surface area (TPSA) is 236 Å². The van der Waals surface area contributed by atoms with Crippen molar-refractivity contribution in [2.24, 2.45) is 5.92 Å². The normalized spacial score (nSPS) is 12.3. The third-order valence-corrected chi connectivity index (χ3v) is 9.10. The SMILES string of the molecule is CCCCC[C@@H](C(=O)NCNC(=O)c1ccc(-c2ccc(C(=O)N[C@@H](CC(=O)O)C(=O)O)c(OCC)c2)o1)[C@@H](CC)N(C=O)OC(=O)c1ccc(-n2cccc2)cc1. The van der Waals surface area contributed by atoms with Crippen molar-refractivity contribution in [3.63, 3.8) is 0 Å². The Morgan fingerprint density at radius 2 is 1.62 bits per heavy atom. The molecule has 0 spiro atoms. The Bertz CT molecular complexity index is 2040. The lowest BCUT2D eigenvalue weighted by Crippen LogP contribution is -2.49. The summed E-state index contributed by atoms with van der Waals surface area (Å²) in [6, 6.07) is 15.1. The maximum atomic E-state index is 13.6. The van der Waals surface area contributed by atoms with Crippen LogP contribution in [0.2, 0.25) is 0 Å². The molecule has 308 valence electrons. The lowest BCUT2D eigenvalue weighted by molar-refractivity contribution is -0.171. The minimum absolute atomic E-state index is 0.0473. The van der Waals surface area contributed by atoms with E-state index >= 15 is 0 Å². The van der Waals surface area contributed by atoms with E-state index in [4.69, 9.17) is 19.1 Å². The fourth-order valence-corrected chi connectivity index (χ4v) is 6.14. The molecule has 2 aromatic heterocycles. The second kappa shape index (κ2) is 21.4. The molecule has 0 bridgehead atoms. The average molecular weight is 802 g/mol. The second-order valence-corrected chi connectivity index (χ2v) is 13.1. The highest BCUT2D eigenvalue weighted by Gasteiger charge is 2.34. The van der Waals surface area contributed by atoms with Gasteiger partial charge in [0.2, 0.25) is 12.3 Å². The summed E-state index contributed by atoms with van der Waals surface area (Å²) in [5.41, 5.74) is 1.40. The van der Waals surface area contributed by atoms with E-state index in [0.29, 0.717) is 24.8 Å². The van der Waals surface area contributed by atoms with Gasteiger partial charge in [0.15, 0.2) is 5.76 Å². The number of carboxylic acids is 2. The van der Waals surface area contributed by atoms with Gasteiger partial charge in [0, 0.05) is 23.6 Å². The molecule has 3 atom stereocenters. The molecule has 17 heteroatoms. The summed E-state index contributed by atoms with van der Waals surface area (Å²) >= 11 is 0. The largest absolute Gasteiger partial charge is 0.493 e. The molecule has 58 heavy (non-hydrogen) atoms. The van der Waals surface area contributed by atoms with Crippen LogP contribution in [0.4, 0.5) is 0 Å². The highest BCUT2D eigenvalue weighted by atomic mass is 16.7. The Morgan fingerprint density at radius 3 is 2.24 bits per heavy atom. The van der Waals surface area contributed by atoms with E-state index < -0.39 is 60.1 Å². The van der Waals surface area contributed by atoms with Gasteiger partial charge in [0.1, 0.15) is 17.6 Å². The zero-order valence-corrected chi connectivity index (χ0v) is 32.3. The molecule has 4 aromatic rings. The Kier molecular flexibility index (Phi) is 16.2. The number of aliphatic carboxylic acids is 2. The number of carboxylic acid groups (broad SMARTS) is 2. The number of carbonyl (C=O) groups excluding carboxylic acids is 5. The molecule has 0 saturated heterocycles. The van der Waals surface area contributed by atoms with Gasteiger partial charge < -0.3 is 44.7 Å². The lowest BCUT2D eigenvalue weighted by atomic mass is 9.90. The number of carbonyl (C=O) groups is 7. The van der Waals surface area contributed by atoms with Crippen molar-refractivity contribution in [3.8, 4) is 22.8 Å². The molecule has 4 amide bonds. The summed E-state index contributed by atoms with van der Waals surface area (Å²) in [4.78, 5) is 92.9. The number of hydroxylamine groups is 2. The molecular formula is C41H47N5O12. The summed E-state index contributed by atoms with van der Waals surface area (Å²) in [6.07, 6.45) is 6.32. The molecule has 2 heterocycles. The van der Waals surface area contributed by atoms with Gasteiger partial charge in [-0.1, -0.05) is 39.2 Å². The number of hydrogen-bond donors (Lipinski definition) is 5. The number of nitrogens with one attached hydrogen (secondary N) is 3. The van der Waals surface area contributed by atoms with E-state index in [1.165, 1.54) is 30.3 Å². The van der Waals surface area contributed by atoms with Crippen molar-refractivity contribution in [1.82, 2.24) is 25.6 Å². The first-order chi connectivity index (χ1) is 27.9. The van der Waals surface area contributed by atoms with Crippen LogP contribution in [0.1, 0.15) is 90.6 Å². The fraction of sp³-hybridized carbons (Fsp3) is 0.341. The molecule has 5 N–H and O–H groups in total. The lowest BCUT2D eigenvalue weighted by Gasteiger charge is -2.31. The minimum atomic E-state index is -1.67. The van der Waals surface area contributed by atoms with E-state index in [9.17, 15) is 38.7 Å². The average Bonchev–Trinajstić information content (AvgIpc) is 3.94. The van der Waals surface area contributed by atoms with E-state index in [1.54, 1.807) is 38.1 Å². The summed E-state index contributed by atoms with van der Waals surface area (Å²) in [5, 5.41) is 26.7. The van der Waals surface area contributed by atoms with E-state index in [1.807, 2.05) is 36.0 Å². The predicted octanol–water partition coefficient (Wildman–Crippen LogP) is 4.80. The number of benzene rings is 2. The Hall–Kier alpha value is -6.91. The molecule has 0 unspecified atom stereocenters. The zero-order chi connectivity index (χ0) is 42.2. The molecule has 0 radical (unpaired) electrons. The number of ether oxygens (including phenoxy) is 1. The third-order valence-electron chi connectivity index (χ3n) is 9.10. The summed E-state index contributed by atoms with van der Waals surface area (Å²) in [5.74, 6) is -6.28. The van der Waals surface area contributed by atoms with Crippen LogP contribution in [0.3, 0.4) is 0 Å². The van der Waals surface area contributed by atoms with Crippen LogP contribution in [-0.4, -0.2) is 87.2 Å². The first kappa shape index (κ1) is 43.8. The van der Waals surface area contributed by atoms with Gasteiger partial charge in [0.05, 0.1) is 42.8 Å². The van der Waals surface area contributed by atoms with Gasteiger partial charge in [-0.05, 0) is 80.4 Å². The van der Waals surface area contributed by atoms with E-state index in [2.05, 4.69) is 16.0 Å². The number of hydrogen-bond acceptors (Lipinski definition) is 10. The maximum Gasteiger partial charge on any atom is 0.363 e. The first-order valence-corrected chi connectivity index (χ1v) is 18.8. The summed E-state index contributed by atoms with van der Waals surface area (Å²) in [6.45, 7) is 5.30. The van der Waals surface area contributed by atoms with Crippen molar-refractivity contribution in [2.45, 2.75) is 71.4 Å². The van der Waals surface area contributed by atoms with E-state index in [-0.39, 0.29) is 48.1 Å². The smallest absolute Gasteiger partial charge is 0.363 e. The van der Waals surface area contributed by atoms with Gasteiger partial charge in [-0.3, -0.25) is 24.0 Å². The van der Waals surface area contributed by atoms with Gasteiger partial charge in [0.25, 0.3) is 11.8 Å². The molecular weight excluding hydrogens is 754 g/mol. The monoisotopic (exact) mass is 801 g/mol. The summed E-state index contributed by atoms with van der Waals surface area (Å²) < 4.78 is 13.2. The molecule has 2 aromatic carbocycles. The van der Waals surface area contributed by atoms with Crippen LogP contribution in [0, 0.1) is 5.92 Å². The molecule has 4 rings (SSSR count). The van der Waals surface area contributed by atoms with Gasteiger partial charge in [-0.25, -0.2) is 9.59 Å². The van der Waals surface area contributed by atoms with Crippen molar-refractivity contribution < 1.29 is 57.8 Å². The van der Waals surface area contributed by atoms with Crippen LogP contribution >= 0.6 is 0 Å². The van der Waals surface area contributed by atoms with Gasteiger partial charge in [-0.15, -0.1) is 0 Å². The maximum absolute atomic E-state index is 13.6. The molecule has 0 aliphatic heterocycles. The van der Waals surface area contributed by atoms with Crippen LogP contribution in [0.25, 0.3) is 17.0 Å². The number of nitrogens with zero attached hydrogens (tertiary/aromatic N) is 2. The predicted molar refractivity (Wildman–Crippen MR) is 208 cm³/mol. The summed E-state index contributed by atoms with van der Waals surface area (Å²) in [7, 11) is 0. The quantitative estimate of drug-likeness (QED) is 0.0294. The third kappa shape index (κ3) is 11.8. The Morgan fingerprint density at radius 1 is 0.897 bits per heavy atom. The first-order valence-electron chi connectivity index (χ1n) is 18.8. The van der Waals surface area contributed by atoms with Crippen molar-refractivity contribution in [3.05, 3.63) is 96.0 Å². The standard InChI is InChI=1S/C41H47N5O12/c1-4-7-8-11-29(32(5-2)46(25-47)58-41(55)26-12-15-28(16-13-26)45-20-9-10-21-45)37(50)42-24-43-39(52)34-19-18-33(57-34)27-14-17-30(35(22-27)56-6-3)38(51)44-31(40(53)54)23-36(48)49/h9-10,12-22,25,29,31-32H,4-8,11,23-24H2,1-3H3,(H,42,50)(H,43,52)(H,44,51)(H,48,49)(H,53,54)/t29-,31+,32-/m1/s1. The molecule has 0 aliphatic rings. The van der Waals surface area contributed by atoms with Crippen LogP contribution in [0.15, 0.2) is 83.5 Å². The van der Waals surface area contributed by atoms with E-state index in [0.717, 1.165) is 23.6 Å². The number of aromatic nitrogens is 1. The van der Waals surface area contributed by atoms with Gasteiger partial charge in [-0.2, -0.15) is 5.06 Å². The fourth-order valence-electron chi connectivity index (χ4n) is 6.14. The van der Waals surface area contributed by atoms with Crippen molar-refractivity contribution in [1.29, 1.82) is 0 Å². The number of amides is 4. The molecule has 0 saturated carbocycles. The second-order valence-electron chi connectivity index (χ2n) is 13.1. The van der Waals surface area contributed by atoms with Crippen LogP contribution < -0.4 is 20.7 Å². The molecule has 0 fully saturated rings. The number of rotatable bonds is 23. The van der Waals surface area contributed by atoms with Crippen molar-refractivity contribution >= 4 is 42.0 Å². The highest BCUT2D eigenvalue weighted by molar-refractivity contribution is 6.00. The minimum Gasteiger partial charge on any atom is -0.493 e. The van der Waals surface area contributed by atoms with Gasteiger partial charge >= 0.3 is 17.9 Å². The molecule has 0 aliphatic carbocycles. The Labute approximate surface area is 334 Å². The number of unbranched alkanes of at least 4 members (excludes halogenated alkanes) is 2.